The van der Waals surface area contributed by atoms with Crippen molar-refractivity contribution in [1.82, 2.24) is 14.7 Å². The van der Waals surface area contributed by atoms with Crippen molar-refractivity contribution in [3.8, 4) is 0 Å². The molecule has 2 amide bonds. The standard InChI is InChI=1S/C17H25N3O2/c1-15(21)20(14-16-6-4-3-5-7-16)9-8-17(22)19-12-10-18(2)11-13-19/h3-7H,8-14H2,1-2H3. The number of rotatable bonds is 5. The van der Waals surface area contributed by atoms with Gasteiger partial charge in [-0.3, -0.25) is 9.59 Å². The number of likely N-dealkylation sites (N-methyl/N-ethyl adjacent to an activating group) is 1. The second-order valence-electron chi connectivity index (χ2n) is 5.86. The summed E-state index contributed by atoms with van der Waals surface area (Å²) < 4.78 is 0. The highest BCUT2D eigenvalue weighted by atomic mass is 16.2. The molecule has 2 rings (SSSR count). The third-order valence-corrected chi connectivity index (χ3v) is 4.11. The molecule has 1 saturated heterocycles. The van der Waals surface area contributed by atoms with Gasteiger partial charge in [-0.05, 0) is 12.6 Å². The monoisotopic (exact) mass is 303 g/mol. The molecule has 5 nitrogen and oxygen atoms in total. The van der Waals surface area contributed by atoms with Crippen LogP contribution >= 0.6 is 0 Å². The molecule has 1 aliphatic rings. The molecule has 0 unspecified atom stereocenters. The highest BCUT2D eigenvalue weighted by Gasteiger charge is 2.20. The summed E-state index contributed by atoms with van der Waals surface area (Å²) in [4.78, 5) is 29.9. The summed E-state index contributed by atoms with van der Waals surface area (Å²) in [6.07, 6.45) is 0.399. The lowest BCUT2D eigenvalue weighted by molar-refractivity contribution is -0.134. The first-order valence-corrected chi connectivity index (χ1v) is 7.82. The molecule has 1 aromatic carbocycles. The van der Waals surface area contributed by atoms with Crippen molar-refractivity contribution < 1.29 is 9.59 Å². The van der Waals surface area contributed by atoms with Crippen molar-refractivity contribution in [3.05, 3.63) is 35.9 Å². The first-order chi connectivity index (χ1) is 10.6. The van der Waals surface area contributed by atoms with Crippen LogP contribution in [-0.2, 0) is 16.1 Å². The smallest absolute Gasteiger partial charge is 0.224 e. The van der Waals surface area contributed by atoms with E-state index in [0.717, 1.165) is 31.7 Å². The molecule has 5 heteroatoms. The Morgan fingerprint density at radius 3 is 2.32 bits per heavy atom. The first-order valence-electron chi connectivity index (χ1n) is 7.82. The Morgan fingerprint density at radius 2 is 1.73 bits per heavy atom. The lowest BCUT2D eigenvalue weighted by Crippen LogP contribution is -2.47. The van der Waals surface area contributed by atoms with Crippen LogP contribution in [0, 0.1) is 0 Å². The molecule has 1 aromatic rings. The largest absolute Gasteiger partial charge is 0.340 e. The van der Waals surface area contributed by atoms with E-state index < -0.39 is 0 Å². The zero-order chi connectivity index (χ0) is 15.9. The van der Waals surface area contributed by atoms with Crippen LogP contribution in [0.25, 0.3) is 0 Å². The van der Waals surface area contributed by atoms with Gasteiger partial charge in [-0.1, -0.05) is 30.3 Å². The van der Waals surface area contributed by atoms with Gasteiger partial charge in [0.1, 0.15) is 0 Å². The van der Waals surface area contributed by atoms with E-state index in [-0.39, 0.29) is 11.8 Å². The van der Waals surface area contributed by atoms with Gasteiger partial charge in [-0.15, -0.1) is 0 Å². The molecule has 1 fully saturated rings. The normalized spacial score (nSPS) is 15.6. The van der Waals surface area contributed by atoms with Crippen LogP contribution in [0.5, 0.6) is 0 Å². The summed E-state index contributed by atoms with van der Waals surface area (Å²) in [6.45, 7) is 6.02. The van der Waals surface area contributed by atoms with Gasteiger partial charge in [0, 0.05) is 52.6 Å². The summed E-state index contributed by atoms with van der Waals surface area (Å²) in [7, 11) is 2.07. The van der Waals surface area contributed by atoms with Crippen LogP contribution in [0.1, 0.15) is 18.9 Å². The fourth-order valence-corrected chi connectivity index (χ4v) is 2.60. The molecule has 0 saturated carbocycles. The van der Waals surface area contributed by atoms with E-state index in [1.54, 1.807) is 11.8 Å². The van der Waals surface area contributed by atoms with E-state index in [1.165, 1.54) is 0 Å². The van der Waals surface area contributed by atoms with Gasteiger partial charge in [0.25, 0.3) is 0 Å². The number of nitrogens with zero attached hydrogens (tertiary/aromatic N) is 3. The fraction of sp³-hybridized carbons (Fsp3) is 0.529. The van der Waals surface area contributed by atoms with Gasteiger partial charge < -0.3 is 14.7 Å². The van der Waals surface area contributed by atoms with Gasteiger partial charge >= 0.3 is 0 Å². The van der Waals surface area contributed by atoms with E-state index in [9.17, 15) is 9.59 Å². The number of benzene rings is 1. The molecular formula is C17H25N3O2. The van der Waals surface area contributed by atoms with Crippen LogP contribution in [0.2, 0.25) is 0 Å². The molecule has 120 valence electrons. The molecule has 0 bridgehead atoms. The van der Waals surface area contributed by atoms with Gasteiger partial charge in [-0.25, -0.2) is 0 Å². The third kappa shape index (κ3) is 4.84. The van der Waals surface area contributed by atoms with Crippen LogP contribution < -0.4 is 0 Å². The number of amides is 2. The minimum absolute atomic E-state index is 0.00929. The van der Waals surface area contributed by atoms with Crippen LogP contribution in [0.4, 0.5) is 0 Å². The quantitative estimate of drug-likeness (QED) is 0.821. The van der Waals surface area contributed by atoms with Gasteiger partial charge in [0.2, 0.25) is 11.8 Å². The number of hydrogen-bond donors (Lipinski definition) is 0. The Balaban J connectivity index is 1.84. The zero-order valence-electron chi connectivity index (χ0n) is 13.5. The molecule has 22 heavy (non-hydrogen) atoms. The SMILES string of the molecule is CC(=O)N(CCC(=O)N1CCN(C)CC1)Cc1ccccc1. The highest BCUT2D eigenvalue weighted by molar-refractivity contribution is 5.78. The summed E-state index contributed by atoms with van der Waals surface area (Å²) in [5.41, 5.74) is 1.09. The van der Waals surface area contributed by atoms with Gasteiger partial charge in [-0.2, -0.15) is 0 Å². The Labute approximate surface area is 132 Å². The molecule has 0 aliphatic carbocycles. The minimum atomic E-state index is 0.00929. The van der Waals surface area contributed by atoms with Crippen molar-refractivity contribution in [1.29, 1.82) is 0 Å². The van der Waals surface area contributed by atoms with Crippen molar-refractivity contribution in [2.75, 3.05) is 39.8 Å². The van der Waals surface area contributed by atoms with Crippen molar-refractivity contribution in [2.24, 2.45) is 0 Å². The molecule has 1 heterocycles. The lowest BCUT2D eigenvalue weighted by Gasteiger charge is -2.33. The molecule has 0 aromatic heterocycles. The maximum absolute atomic E-state index is 12.3. The topological polar surface area (TPSA) is 43.9 Å². The highest BCUT2D eigenvalue weighted by Crippen LogP contribution is 2.07. The Kier molecular flexibility index (Phi) is 5.95. The molecule has 0 atom stereocenters. The van der Waals surface area contributed by atoms with Crippen molar-refractivity contribution >= 4 is 11.8 Å². The molecule has 1 aliphatic heterocycles. The molecule has 0 N–H and O–H groups in total. The minimum Gasteiger partial charge on any atom is -0.340 e. The number of piperazine rings is 1. The summed E-state index contributed by atoms with van der Waals surface area (Å²) >= 11 is 0. The van der Waals surface area contributed by atoms with E-state index >= 15 is 0 Å². The Morgan fingerprint density at radius 1 is 1.09 bits per heavy atom. The first kappa shape index (κ1) is 16.5. The second-order valence-corrected chi connectivity index (χ2v) is 5.86. The second kappa shape index (κ2) is 7.94. The zero-order valence-corrected chi connectivity index (χ0v) is 13.5. The van der Waals surface area contributed by atoms with E-state index in [2.05, 4.69) is 11.9 Å². The van der Waals surface area contributed by atoms with E-state index in [0.29, 0.717) is 19.5 Å². The third-order valence-electron chi connectivity index (χ3n) is 4.11. The average molecular weight is 303 g/mol. The van der Waals surface area contributed by atoms with Crippen LogP contribution in [0.3, 0.4) is 0 Å². The van der Waals surface area contributed by atoms with Gasteiger partial charge in [0.05, 0.1) is 0 Å². The number of carbonyl (C=O) groups is 2. The molecule has 0 spiro atoms. The van der Waals surface area contributed by atoms with E-state index in [4.69, 9.17) is 0 Å². The fourth-order valence-electron chi connectivity index (χ4n) is 2.60. The van der Waals surface area contributed by atoms with Crippen molar-refractivity contribution in [3.63, 3.8) is 0 Å². The van der Waals surface area contributed by atoms with Gasteiger partial charge in [0.15, 0.2) is 0 Å². The molecule has 0 radical (unpaired) electrons. The average Bonchev–Trinajstić information content (AvgIpc) is 2.52. The van der Waals surface area contributed by atoms with Crippen molar-refractivity contribution in [2.45, 2.75) is 19.9 Å². The maximum Gasteiger partial charge on any atom is 0.224 e. The number of carbonyl (C=O) groups excluding carboxylic acids is 2. The summed E-state index contributed by atoms with van der Waals surface area (Å²) in [5, 5.41) is 0. The summed E-state index contributed by atoms with van der Waals surface area (Å²) in [6, 6.07) is 9.88. The summed E-state index contributed by atoms with van der Waals surface area (Å²) in [5.74, 6) is 0.155. The Bertz CT molecular complexity index is 496. The van der Waals surface area contributed by atoms with Crippen LogP contribution in [0.15, 0.2) is 30.3 Å². The maximum atomic E-state index is 12.3. The predicted octanol–water partition coefficient (Wildman–Crippen LogP) is 1.20. The number of hydrogen-bond acceptors (Lipinski definition) is 3. The predicted molar refractivity (Wildman–Crippen MR) is 86.2 cm³/mol. The lowest BCUT2D eigenvalue weighted by atomic mass is 10.2. The van der Waals surface area contributed by atoms with E-state index in [1.807, 2.05) is 35.2 Å². The van der Waals surface area contributed by atoms with Crippen LogP contribution in [-0.4, -0.2) is 66.3 Å². The molecular weight excluding hydrogens is 278 g/mol. The Hall–Kier alpha value is -1.88.